The van der Waals surface area contributed by atoms with E-state index in [4.69, 9.17) is 17.3 Å². The Morgan fingerprint density at radius 3 is 2.68 bits per heavy atom. The molecule has 25 heavy (non-hydrogen) atoms. The Morgan fingerprint density at radius 2 is 1.92 bits per heavy atom. The van der Waals surface area contributed by atoms with E-state index in [2.05, 4.69) is 22.8 Å². The van der Waals surface area contributed by atoms with E-state index in [1.165, 1.54) is 5.56 Å². The van der Waals surface area contributed by atoms with Crippen LogP contribution in [0.4, 0.5) is 11.4 Å². The van der Waals surface area contributed by atoms with Crippen LogP contribution < -0.4 is 16.4 Å². The second-order valence-electron chi connectivity index (χ2n) is 6.55. The molecule has 0 radical (unpaired) electrons. The Kier molecular flexibility index (Phi) is 5.95. The van der Waals surface area contributed by atoms with Crippen molar-refractivity contribution in [3.63, 3.8) is 0 Å². The third-order valence-electron chi connectivity index (χ3n) is 4.86. The van der Waals surface area contributed by atoms with Gasteiger partial charge in [-0.05, 0) is 49.1 Å². The number of anilines is 2. The van der Waals surface area contributed by atoms with Crippen LogP contribution in [0.1, 0.15) is 24.8 Å². The van der Waals surface area contributed by atoms with Gasteiger partial charge in [-0.25, -0.2) is 0 Å². The molecule has 0 bridgehead atoms. The summed E-state index contributed by atoms with van der Waals surface area (Å²) in [6.07, 6.45) is 3.00. The molecule has 1 aliphatic rings. The molecular formula is C20H24ClN3O. The number of halogens is 1. The van der Waals surface area contributed by atoms with Gasteiger partial charge in [0, 0.05) is 17.5 Å². The van der Waals surface area contributed by atoms with Gasteiger partial charge in [0.15, 0.2) is 0 Å². The number of hydrogen-bond donors (Lipinski definition) is 3. The molecule has 0 saturated heterocycles. The third-order valence-corrected chi connectivity index (χ3v) is 5.10. The Morgan fingerprint density at radius 1 is 1.12 bits per heavy atom. The summed E-state index contributed by atoms with van der Waals surface area (Å²) in [7, 11) is 0. The normalized spacial score (nSPS) is 19.6. The molecule has 5 heteroatoms. The number of hydrogen-bond acceptors (Lipinski definition) is 3. The molecule has 132 valence electrons. The second kappa shape index (κ2) is 8.37. The minimum absolute atomic E-state index is 0.00838. The highest BCUT2D eigenvalue weighted by Gasteiger charge is 2.32. The molecular weight excluding hydrogens is 334 g/mol. The van der Waals surface area contributed by atoms with Crippen LogP contribution in [-0.2, 0) is 11.3 Å². The van der Waals surface area contributed by atoms with Crippen LogP contribution in [0.25, 0.3) is 0 Å². The highest BCUT2D eigenvalue weighted by molar-refractivity contribution is 6.31. The number of rotatable bonds is 6. The summed E-state index contributed by atoms with van der Waals surface area (Å²) in [4.78, 5) is 12.7. The highest BCUT2D eigenvalue weighted by Crippen LogP contribution is 2.33. The standard InChI is InChI=1S/C20H24ClN3O/c21-16-9-10-18(23-13-14-5-2-1-3-6-14)19(11-16)24-20(25)17-8-4-7-15(17)12-22/h1-3,5-6,9-11,15,17,23H,4,7-8,12-13,22H2,(H,24,25)/t15-,17-/m1/s1. The third kappa shape index (κ3) is 4.53. The molecule has 0 aromatic heterocycles. The van der Waals surface area contributed by atoms with E-state index >= 15 is 0 Å². The summed E-state index contributed by atoms with van der Waals surface area (Å²) in [5, 5.41) is 7.03. The Hall–Kier alpha value is -2.04. The summed E-state index contributed by atoms with van der Waals surface area (Å²) in [5.74, 6) is 0.309. The largest absolute Gasteiger partial charge is 0.379 e. The van der Waals surface area contributed by atoms with Gasteiger partial charge in [0.2, 0.25) is 5.91 Å². The van der Waals surface area contributed by atoms with Crippen LogP contribution in [0.5, 0.6) is 0 Å². The molecule has 4 nitrogen and oxygen atoms in total. The van der Waals surface area contributed by atoms with Crippen molar-refractivity contribution in [2.24, 2.45) is 17.6 Å². The second-order valence-corrected chi connectivity index (χ2v) is 6.99. The molecule has 2 aromatic carbocycles. The molecule has 0 heterocycles. The summed E-state index contributed by atoms with van der Waals surface area (Å²) < 4.78 is 0. The van der Waals surface area contributed by atoms with Crippen LogP contribution in [0, 0.1) is 11.8 Å². The summed E-state index contributed by atoms with van der Waals surface area (Å²) in [5.41, 5.74) is 8.57. The molecule has 0 unspecified atom stereocenters. The minimum Gasteiger partial charge on any atom is -0.379 e. The average molecular weight is 358 g/mol. The number of nitrogens with two attached hydrogens (primary N) is 1. The van der Waals surface area contributed by atoms with Crippen LogP contribution >= 0.6 is 11.6 Å². The fraction of sp³-hybridized carbons (Fsp3) is 0.350. The lowest BCUT2D eigenvalue weighted by molar-refractivity contribution is -0.120. The summed E-state index contributed by atoms with van der Waals surface area (Å²) >= 11 is 6.13. The van der Waals surface area contributed by atoms with E-state index in [1.807, 2.05) is 30.3 Å². The minimum atomic E-state index is -0.00838. The molecule has 3 rings (SSSR count). The van der Waals surface area contributed by atoms with E-state index in [9.17, 15) is 4.79 Å². The maximum atomic E-state index is 12.7. The molecule has 1 amide bonds. The number of carbonyl (C=O) groups is 1. The van der Waals surface area contributed by atoms with E-state index < -0.39 is 0 Å². The van der Waals surface area contributed by atoms with E-state index in [1.54, 1.807) is 6.07 Å². The molecule has 0 aliphatic heterocycles. The van der Waals surface area contributed by atoms with Gasteiger partial charge in [-0.3, -0.25) is 4.79 Å². The Labute approximate surface area is 153 Å². The molecule has 0 spiro atoms. The molecule has 4 N–H and O–H groups in total. The first-order valence-corrected chi connectivity index (χ1v) is 9.13. The van der Waals surface area contributed by atoms with E-state index in [0.29, 0.717) is 18.1 Å². The first-order valence-electron chi connectivity index (χ1n) is 8.75. The maximum absolute atomic E-state index is 12.7. The van der Waals surface area contributed by atoms with Gasteiger partial charge in [-0.1, -0.05) is 48.4 Å². The monoisotopic (exact) mass is 357 g/mol. The van der Waals surface area contributed by atoms with Gasteiger partial charge in [0.1, 0.15) is 0 Å². The van der Waals surface area contributed by atoms with Crippen LogP contribution in [-0.4, -0.2) is 12.5 Å². The number of benzene rings is 2. The molecule has 1 saturated carbocycles. The predicted molar refractivity (Wildman–Crippen MR) is 104 cm³/mol. The number of nitrogens with one attached hydrogen (secondary N) is 2. The zero-order valence-corrected chi connectivity index (χ0v) is 14.9. The van der Waals surface area contributed by atoms with Crippen LogP contribution in [0.2, 0.25) is 5.02 Å². The van der Waals surface area contributed by atoms with Gasteiger partial charge in [0.25, 0.3) is 0 Å². The van der Waals surface area contributed by atoms with Crippen LogP contribution in [0.15, 0.2) is 48.5 Å². The highest BCUT2D eigenvalue weighted by atomic mass is 35.5. The lowest BCUT2D eigenvalue weighted by atomic mass is 9.95. The van der Waals surface area contributed by atoms with Crippen molar-refractivity contribution in [3.8, 4) is 0 Å². The molecule has 1 aliphatic carbocycles. The van der Waals surface area contributed by atoms with E-state index in [0.717, 1.165) is 30.6 Å². The smallest absolute Gasteiger partial charge is 0.227 e. The van der Waals surface area contributed by atoms with Gasteiger partial charge in [-0.15, -0.1) is 0 Å². The van der Waals surface area contributed by atoms with Crippen molar-refractivity contribution in [2.45, 2.75) is 25.8 Å². The summed E-state index contributed by atoms with van der Waals surface area (Å²) in [6.45, 7) is 1.24. The first kappa shape index (κ1) is 17.8. The van der Waals surface area contributed by atoms with Crippen molar-refractivity contribution < 1.29 is 4.79 Å². The van der Waals surface area contributed by atoms with Gasteiger partial charge >= 0.3 is 0 Å². The van der Waals surface area contributed by atoms with Crippen LogP contribution in [0.3, 0.4) is 0 Å². The van der Waals surface area contributed by atoms with Crippen molar-refractivity contribution in [2.75, 3.05) is 17.2 Å². The first-order chi connectivity index (χ1) is 12.2. The van der Waals surface area contributed by atoms with Gasteiger partial charge < -0.3 is 16.4 Å². The molecule has 2 aromatic rings. The quantitative estimate of drug-likeness (QED) is 0.723. The van der Waals surface area contributed by atoms with Crippen molar-refractivity contribution in [1.29, 1.82) is 0 Å². The number of amides is 1. The lowest BCUT2D eigenvalue weighted by Crippen LogP contribution is -2.30. The van der Waals surface area contributed by atoms with Gasteiger partial charge in [0.05, 0.1) is 11.4 Å². The molecule has 2 atom stereocenters. The topological polar surface area (TPSA) is 67.2 Å². The van der Waals surface area contributed by atoms with E-state index in [-0.39, 0.29) is 17.7 Å². The van der Waals surface area contributed by atoms with Crippen molar-refractivity contribution >= 4 is 28.9 Å². The average Bonchev–Trinajstić information content (AvgIpc) is 3.11. The zero-order chi connectivity index (χ0) is 17.6. The van der Waals surface area contributed by atoms with Crippen molar-refractivity contribution in [1.82, 2.24) is 0 Å². The fourth-order valence-electron chi connectivity index (χ4n) is 3.46. The summed E-state index contributed by atoms with van der Waals surface area (Å²) in [6, 6.07) is 15.6. The lowest BCUT2D eigenvalue weighted by Gasteiger charge is -2.19. The predicted octanol–water partition coefficient (Wildman–Crippen LogP) is 4.27. The maximum Gasteiger partial charge on any atom is 0.227 e. The fourth-order valence-corrected chi connectivity index (χ4v) is 3.63. The van der Waals surface area contributed by atoms with Gasteiger partial charge in [-0.2, -0.15) is 0 Å². The number of carbonyl (C=O) groups excluding carboxylic acids is 1. The van der Waals surface area contributed by atoms with Crippen molar-refractivity contribution in [3.05, 3.63) is 59.1 Å². The SMILES string of the molecule is NC[C@H]1CCC[C@H]1C(=O)Nc1cc(Cl)ccc1NCc1ccccc1. The molecule has 1 fully saturated rings. The Bertz CT molecular complexity index is 720. The zero-order valence-electron chi connectivity index (χ0n) is 14.2. The Balaban J connectivity index is 1.71.